The number of phenols is 1. The summed E-state index contributed by atoms with van der Waals surface area (Å²) >= 11 is 1.57. The lowest BCUT2D eigenvalue weighted by atomic mass is 10.1. The van der Waals surface area contributed by atoms with Crippen molar-refractivity contribution in [1.29, 1.82) is 0 Å². The molecule has 0 unspecified atom stereocenters. The first kappa shape index (κ1) is 9.41. The van der Waals surface area contributed by atoms with Gasteiger partial charge in [0.05, 0.1) is 0 Å². The molecule has 0 radical (unpaired) electrons. The standard InChI is InChI=1S/C12H12OS/c1-8-3-4-9-6-11(13)12(14-2)7-10(9)5-8/h3-7,13H,1-2H3. The summed E-state index contributed by atoms with van der Waals surface area (Å²) in [4.78, 5) is 0.933. The van der Waals surface area contributed by atoms with E-state index in [1.165, 1.54) is 10.9 Å². The largest absolute Gasteiger partial charge is 0.507 e. The fourth-order valence-corrected chi connectivity index (χ4v) is 2.06. The minimum atomic E-state index is 0.369. The smallest absolute Gasteiger partial charge is 0.129 e. The SMILES string of the molecule is CSc1cc2cc(C)ccc2cc1O. The van der Waals surface area contributed by atoms with Gasteiger partial charge < -0.3 is 5.11 Å². The molecule has 0 spiro atoms. The van der Waals surface area contributed by atoms with E-state index in [4.69, 9.17) is 0 Å². The van der Waals surface area contributed by atoms with Gasteiger partial charge >= 0.3 is 0 Å². The van der Waals surface area contributed by atoms with Gasteiger partial charge in [0.25, 0.3) is 0 Å². The number of thioether (sulfide) groups is 1. The van der Waals surface area contributed by atoms with Crippen molar-refractivity contribution in [3.63, 3.8) is 0 Å². The minimum absolute atomic E-state index is 0.369. The summed E-state index contributed by atoms with van der Waals surface area (Å²) in [5.74, 6) is 0.369. The zero-order chi connectivity index (χ0) is 10.1. The molecule has 1 N–H and O–H groups in total. The van der Waals surface area contributed by atoms with E-state index in [0.717, 1.165) is 10.3 Å². The van der Waals surface area contributed by atoms with Gasteiger partial charge in [-0.1, -0.05) is 23.8 Å². The van der Waals surface area contributed by atoms with Crippen LogP contribution < -0.4 is 0 Å². The molecule has 72 valence electrons. The average molecular weight is 204 g/mol. The highest BCUT2D eigenvalue weighted by atomic mass is 32.2. The molecule has 0 amide bonds. The van der Waals surface area contributed by atoms with Gasteiger partial charge in [0.2, 0.25) is 0 Å². The van der Waals surface area contributed by atoms with Gasteiger partial charge in [-0.3, -0.25) is 0 Å². The number of hydrogen-bond acceptors (Lipinski definition) is 2. The van der Waals surface area contributed by atoms with Gasteiger partial charge in [-0.25, -0.2) is 0 Å². The summed E-state index contributed by atoms with van der Waals surface area (Å²) in [7, 11) is 0. The van der Waals surface area contributed by atoms with Crippen LogP contribution in [0.25, 0.3) is 10.8 Å². The van der Waals surface area contributed by atoms with Gasteiger partial charge in [0, 0.05) is 4.90 Å². The van der Waals surface area contributed by atoms with Gasteiger partial charge in [0.15, 0.2) is 0 Å². The number of hydrogen-bond donors (Lipinski definition) is 1. The van der Waals surface area contributed by atoms with E-state index >= 15 is 0 Å². The van der Waals surface area contributed by atoms with Crippen LogP contribution in [-0.2, 0) is 0 Å². The van der Waals surface area contributed by atoms with Gasteiger partial charge in [0.1, 0.15) is 5.75 Å². The molecule has 2 rings (SSSR count). The third-order valence-electron chi connectivity index (χ3n) is 2.29. The number of benzene rings is 2. The molecule has 2 aromatic carbocycles. The Bertz CT molecular complexity index is 477. The van der Waals surface area contributed by atoms with E-state index < -0.39 is 0 Å². The van der Waals surface area contributed by atoms with Crippen LogP contribution in [0.4, 0.5) is 0 Å². The highest BCUT2D eigenvalue weighted by Crippen LogP contribution is 2.31. The number of fused-ring (bicyclic) bond motifs is 1. The van der Waals surface area contributed by atoms with E-state index in [1.54, 1.807) is 11.8 Å². The van der Waals surface area contributed by atoms with Crippen LogP contribution in [0.3, 0.4) is 0 Å². The molecule has 0 aromatic heterocycles. The van der Waals surface area contributed by atoms with Crippen LogP contribution in [-0.4, -0.2) is 11.4 Å². The number of aromatic hydroxyl groups is 1. The molecule has 0 aliphatic rings. The second-order valence-corrected chi connectivity index (χ2v) is 4.22. The topological polar surface area (TPSA) is 20.2 Å². The summed E-state index contributed by atoms with van der Waals surface area (Å²) in [6.45, 7) is 2.07. The molecule has 0 bridgehead atoms. The molecular formula is C12H12OS. The summed E-state index contributed by atoms with van der Waals surface area (Å²) in [6.07, 6.45) is 1.97. The van der Waals surface area contributed by atoms with Gasteiger partial charge in [-0.2, -0.15) is 0 Å². The molecule has 0 saturated carbocycles. The Kier molecular flexibility index (Phi) is 2.38. The van der Waals surface area contributed by atoms with Crippen LogP contribution in [0.15, 0.2) is 35.2 Å². The van der Waals surface area contributed by atoms with Crippen LogP contribution >= 0.6 is 11.8 Å². The Morgan fingerprint density at radius 2 is 1.86 bits per heavy atom. The van der Waals surface area contributed by atoms with Crippen molar-refractivity contribution < 1.29 is 5.11 Å². The monoisotopic (exact) mass is 204 g/mol. The van der Waals surface area contributed by atoms with Crippen molar-refractivity contribution >= 4 is 22.5 Å². The Morgan fingerprint density at radius 3 is 2.57 bits per heavy atom. The first-order valence-corrected chi connectivity index (χ1v) is 5.70. The van der Waals surface area contributed by atoms with Crippen molar-refractivity contribution in [1.82, 2.24) is 0 Å². The third kappa shape index (κ3) is 1.58. The molecule has 2 heteroatoms. The zero-order valence-corrected chi connectivity index (χ0v) is 9.06. The number of aryl methyl sites for hydroxylation is 1. The Balaban J connectivity index is 2.73. The molecule has 0 saturated heterocycles. The fourth-order valence-electron chi connectivity index (χ4n) is 1.55. The van der Waals surface area contributed by atoms with Gasteiger partial charge in [-0.15, -0.1) is 11.8 Å². The molecule has 14 heavy (non-hydrogen) atoms. The first-order valence-electron chi connectivity index (χ1n) is 4.48. The second-order valence-electron chi connectivity index (χ2n) is 3.37. The predicted molar refractivity (Wildman–Crippen MR) is 62.1 cm³/mol. The maximum atomic E-state index is 9.66. The predicted octanol–water partition coefficient (Wildman–Crippen LogP) is 3.58. The lowest BCUT2D eigenvalue weighted by Crippen LogP contribution is -1.78. The normalized spacial score (nSPS) is 10.7. The van der Waals surface area contributed by atoms with Crippen LogP contribution in [0.2, 0.25) is 0 Å². The Morgan fingerprint density at radius 1 is 1.07 bits per heavy atom. The van der Waals surface area contributed by atoms with Crippen molar-refractivity contribution in [3.8, 4) is 5.75 Å². The summed E-state index contributed by atoms with van der Waals surface area (Å²) < 4.78 is 0. The van der Waals surface area contributed by atoms with E-state index in [-0.39, 0.29) is 0 Å². The maximum absolute atomic E-state index is 9.66. The summed E-state index contributed by atoms with van der Waals surface area (Å²) in [5.41, 5.74) is 1.25. The van der Waals surface area contributed by atoms with E-state index in [2.05, 4.69) is 19.1 Å². The van der Waals surface area contributed by atoms with E-state index in [1.807, 2.05) is 24.5 Å². The van der Waals surface area contributed by atoms with Crippen molar-refractivity contribution in [3.05, 3.63) is 35.9 Å². The molecule has 0 atom stereocenters. The molecule has 0 fully saturated rings. The lowest BCUT2D eigenvalue weighted by molar-refractivity contribution is 0.463. The van der Waals surface area contributed by atoms with E-state index in [9.17, 15) is 5.11 Å². The summed E-state index contributed by atoms with van der Waals surface area (Å²) in [6, 6.07) is 10.1. The van der Waals surface area contributed by atoms with Crippen molar-refractivity contribution in [2.75, 3.05) is 6.26 Å². The summed E-state index contributed by atoms with van der Waals surface area (Å²) in [5, 5.41) is 11.9. The average Bonchev–Trinajstić information content (AvgIpc) is 2.17. The Labute approximate surface area is 87.8 Å². The highest BCUT2D eigenvalue weighted by Gasteiger charge is 2.02. The first-order chi connectivity index (χ1) is 6.70. The highest BCUT2D eigenvalue weighted by molar-refractivity contribution is 7.98. The third-order valence-corrected chi connectivity index (χ3v) is 3.06. The van der Waals surface area contributed by atoms with Crippen molar-refractivity contribution in [2.45, 2.75) is 11.8 Å². The molecule has 1 nitrogen and oxygen atoms in total. The van der Waals surface area contributed by atoms with Crippen LogP contribution in [0.5, 0.6) is 5.75 Å². The second kappa shape index (κ2) is 3.54. The van der Waals surface area contributed by atoms with Crippen LogP contribution in [0, 0.1) is 6.92 Å². The van der Waals surface area contributed by atoms with Gasteiger partial charge in [-0.05, 0) is 36.1 Å². The number of rotatable bonds is 1. The number of phenolic OH excluding ortho intramolecular Hbond substituents is 1. The fraction of sp³-hybridized carbons (Fsp3) is 0.167. The van der Waals surface area contributed by atoms with Crippen LogP contribution in [0.1, 0.15) is 5.56 Å². The molecule has 0 aliphatic carbocycles. The molecular weight excluding hydrogens is 192 g/mol. The lowest BCUT2D eigenvalue weighted by Gasteiger charge is -2.04. The van der Waals surface area contributed by atoms with E-state index in [0.29, 0.717) is 5.75 Å². The minimum Gasteiger partial charge on any atom is -0.507 e. The quantitative estimate of drug-likeness (QED) is 0.716. The Hall–Kier alpha value is -1.15. The van der Waals surface area contributed by atoms with Crippen molar-refractivity contribution in [2.24, 2.45) is 0 Å². The molecule has 0 heterocycles. The molecule has 2 aromatic rings. The molecule has 0 aliphatic heterocycles. The maximum Gasteiger partial charge on any atom is 0.129 e. The zero-order valence-electron chi connectivity index (χ0n) is 8.24.